The molecule has 0 N–H and O–H groups in total. The molecule has 5 rings (SSSR count). The average Bonchev–Trinajstić information content (AvgIpc) is 3.32. The molecule has 39 heavy (non-hydrogen) atoms. The minimum atomic E-state index is -4.71. The summed E-state index contributed by atoms with van der Waals surface area (Å²) in [6, 6.07) is 0.631. The Morgan fingerprint density at radius 1 is 1.05 bits per heavy atom. The van der Waals surface area contributed by atoms with E-state index in [1.807, 2.05) is 0 Å². The van der Waals surface area contributed by atoms with Gasteiger partial charge in [0.25, 0.3) is 5.56 Å². The van der Waals surface area contributed by atoms with Crippen LogP contribution in [-0.2, 0) is 13.2 Å². The van der Waals surface area contributed by atoms with E-state index < -0.39 is 40.3 Å². The molecular weight excluding hydrogens is 538 g/mol. The number of rotatable bonds is 6. The lowest BCUT2D eigenvalue weighted by molar-refractivity contribution is -0.141. The Morgan fingerprint density at radius 3 is 2.38 bits per heavy atom. The van der Waals surface area contributed by atoms with Crippen LogP contribution >= 0.6 is 11.8 Å². The fourth-order valence-corrected chi connectivity index (χ4v) is 6.94. The van der Waals surface area contributed by atoms with Crippen molar-refractivity contribution in [2.45, 2.75) is 69.6 Å². The van der Waals surface area contributed by atoms with Gasteiger partial charge in [-0.2, -0.15) is 30.0 Å². The summed E-state index contributed by atoms with van der Waals surface area (Å²) in [5, 5.41) is 3.48. The molecule has 8 nitrogen and oxygen atoms in total. The first-order valence-electron chi connectivity index (χ1n) is 13.1. The van der Waals surface area contributed by atoms with E-state index >= 15 is 0 Å². The van der Waals surface area contributed by atoms with Crippen molar-refractivity contribution in [3.63, 3.8) is 0 Å². The normalized spacial score (nSPS) is 20.9. The van der Waals surface area contributed by atoms with Crippen molar-refractivity contribution in [2.24, 2.45) is 13.0 Å². The molecule has 3 aromatic heterocycles. The first-order chi connectivity index (χ1) is 18.5. The molecule has 1 saturated carbocycles. The number of aryl methyl sites for hydroxylation is 1. The fraction of sp³-hybridized carbons (Fsp3) is 0.577. The second kappa shape index (κ2) is 10.9. The Balaban J connectivity index is 1.33. The third-order valence-electron chi connectivity index (χ3n) is 7.84. The van der Waals surface area contributed by atoms with Crippen LogP contribution in [-0.4, -0.2) is 41.2 Å². The van der Waals surface area contributed by atoms with Crippen LogP contribution in [0.2, 0.25) is 0 Å². The van der Waals surface area contributed by atoms with Crippen molar-refractivity contribution in [1.82, 2.24) is 23.9 Å². The molecule has 0 atom stereocenters. The number of ketones is 1. The van der Waals surface area contributed by atoms with Crippen LogP contribution in [0.4, 0.5) is 17.6 Å². The standard InChI is InChI=1S/C26H29F4N5O3S/c1-33-14-20(22(32-33)26(28,29)30)21(36)7-4-15-2-5-17(6-3-15)35-24(37)19-12-16(27)13-31-23(19)34(25(35)38)18-8-10-39-11-9-18/h12-15,17-18H,2-11H2,1H3. The molecule has 13 heteroatoms. The monoisotopic (exact) mass is 567 g/mol. The lowest BCUT2D eigenvalue weighted by Crippen LogP contribution is -2.45. The van der Waals surface area contributed by atoms with Gasteiger partial charge in [-0.25, -0.2) is 14.2 Å². The maximum absolute atomic E-state index is 14.1. The van der Waals surface area contributed by atoms with Crippen LogP contribution in [0.15, 0.2) is 28.0 Å². The largest absolute Gasteiger partial charge is 0.435 e. The number of nitrogens with zero attached hydrogens (tertiary/aromatic N) is 5. The van der Waals surface area contributed by atoms with E-state index in [2.05, 4.69) is 10.1 Å². The van der Waals surface area contributed by atoms with Crippen molar-refractivity contribution < 1.29 is 22.4 Å². The van der Waals surface area contributed by atoms with Gasteiger partial charge in [0.1, 0.15) is 11.5 Å². The molecule has 210 valence electrons. The zero-order valence-corrected chi connectivity index (χ0v) is 22.2. The van der Waals surface area contributed by atoms with Gasteiger partial charge in [-0.1, -0.05) is 0 Å². The molecule has 0 bridgehead atoms. The van der Waals surface area contributed by atoms with Gasteiger partial charge < -0.3 is 0 Å². The molecule has 0 aromatic carbocycles. The minimum absolute atomic E-state index is 0.0442. The Kier molecular flexibility index (Phi) is 7.71. The van der Waals surface area contributed by atoms with Crippen molar-refractivity contribution in [1.29, 1.82) is 0 Å². The number of fused-ring (bicyclic) bond motifs is 1. The molecular formula is C26H29F4N5O3S. The van der Waals surface area contributed by atoms with Gasteiger partial charge in [0.15, 0.2) is 11.5 Å². The van der Waals surface area contributed by atoms with Crippen molar-refractivity contribution in [3.05, 3.63) is 56.4 Å². The number of Topliss-reactive ketones (excluding diaryl/α,β-unsaturated/α-hetero) is 1. The summed E-state index contributed by atoms with van der Waals surface area (Å²) < 4.78 is 57.6. The van der Waals surface area contributed by atoms with E-state index in [1.54, 1.807) is 16.3 Å². The zero-order chi connectivity index (χ0) is 27.9. The number of halogens is 4. The summed E-state index contributed by atoms with van der Waals surface area (Å²) in [4.78, 5) is 43.8. The van der Waals surface area contributed by atoms with Crippen molar-refractivity contribution in [3.8, 4) is 0 Å². The van der Waals surface area contributed by atoms with E-state index in [0.29, 0.717) is 32.1 Å². The van der Waals surface area contributed by atoms with Crippen LogP contribution in [0.3, 0.4) is 0 Å². The van der Waals surface area contributed by atoms with E-state index in [9.17, 15) is 31.9 Å². The van der Waals surface area contributed by atoms with E-state index in [-0.39, 0.29) is 35.5 Å². The van der Waals surface area contributed by atoms with E-state index in [1.165, 1.54) is 11.6 Å². The van der Waals surface area contributed by atoms with Gasteiger partial charge in [-0.3, -0.25) is 23.4 Å². The molecule has 0 spiro atoms. The Labute approximate surface area is 225 Å². The summed E-state index contributed by atoms with van der Waals surface area (Å²) in [5.41, 5.74) is -2.38. The zero-order valence-electron chi connectivity index (χ0n) is 21.4. The van der Waals surface area contributed by atoms with Gasteiger partial charge in [-0.15, -0.1) is 0 Å². The topological polar surface area (TPSA) is 91.8 Å². The maximum Gasteiger partial charge on any atom is 0.435 e. The first-order valence-corrected chi connectivity index (χ1v) is 14.2. The minimum Gasteiger partial charge on any atom is -0.294 e. The lowest BCUT2D eigenvalue weighted by Gasteiger charge is -2.31. The number of hydrogen-bond donors (Lipinski definition) is 0. The molecule has 1 aliphatic heterocycles. The smallest absolute Gasteiger partial charge is 0.294 e. The van der Waals surface area contributed by atoms with Gasteiger partial charge in [-0.05, 0) is 68.4 Å². The van der Waals surface area contributed by atoms with Crippen molar-refractivity contribution in [2.75, 3.05) is 11.5 Å². The lowest BCUT2D eigenvalue weighted by atomic mass is 9.82. The predicted molar refractivity (Wildman–Crippen MR) is 139 cm³/mol. The Bertz CT molecular complexity index is 1500. The third-order valence-corrected chi connectivity index (χ3v) is 8.89. The molecule has 3 aromatic rings. The molecule has 2 aliphatic rings. The molecule has 0 radical (unpaired) electrons. The average molecular weight is 568 g/mol. The Hall–Kier alpha value is -2.96. The van der Waals surface area contributed by atoms with Gasteiger partial charge >= 0.3 is 11.9 Å². The summed E-state index contributed by atoms with van der Waals surface area (Å²) in [5.74, 6) is 0.583. The summed E-state index contributed by atoms with van der Waals surface area (Å²) in [6.45, 7) is 0. The van der Waals surface area contributed by atoms with Gasteiger partial charge in [0.2, 0.25) is 0 Å². The first kappa shape index (κ1) is 27.6. The molecule has 0 amide bonds. The third kappa shape index (κ3) is 5.55. The summed E-state index contributed by atoms with van der Waals surface area (Å²) in [6.07, 6.45) is 1.52. The quantitative estimate of drug-likeness (QED) is 0.311. The highest BCUT2D eigenvalue weighted by Crippen LogP contribution is 2.36. The van der Waals surface area contributed by atoms with Crippen LogP contribution < -0.4 is 11.2 Å². The second-order valence-corrected chi connectivity index (χ2v) is 11.6. The number of carbonyl (C=O) groups excluding carboxylic acids is 1. The van der Waals surface area contributed by atoms with Crippen molar-refractivity contribution >= 4 is 28.6 Å². The number of carbonyl (C=O) groups is 1. The number of alkyl halides is 3. The summed E-state index contributed by atoms with van der Waals surface area (Å²) in [7, 11) is 1.34. The number of thioether (sulfide) groups is 1. The SMILES string of the molecule is Cn1cc(C(=O)CCC2CCC(n3c(=O)c4cc(F)cnc4n(C4CCSCC4)c3=O)CC2)c(C(F)(F)F)n1. The van der Waals surface area contributed by atoms with E-state index in [0.717, 1.165) is 47.5 Å². The van der Waals surface area contributed by atoms with E-state index in [4.69, 9.17) is 0 Å². The fourth-order valence-electron chi connectivity index (χ4n) is 5.86. The van der Waals surface area contributed by atoms with Gasteiger partial charge in [0.05, 0.1) is 17.1 Å². The van der Waals surface area contributed by atoms with Crippen LogP contribution in [0.25, 0.3) is 11.0 Å². The number of aromatic nitrogens is 5. The second-order valence-electron chi connectivity index (χ2n) is 10.4. The van der Waals surface area contributed by atoms with Gasteiger partial charge in [0, 0.05) is 31.7 Å². The van der Waals surface area contributed by atoms with Crippen LogP contribution in [0.1, 0.15) is 79.5 Å². The predicted octanol–water partition coefficient (Wildman–Crippen LogP) is 4.91. The molecule has 1 aliphatic carbocycles. The number of hydrogen-bond acceptors (Lipinski definition) is 6. The number of pyridine rings is 1. The Morgan fingerprint density at radius 2 is 1.72 bits per heavy atom. The highest BCUT2D eigenvalue weighted by atomic mass is 32.2. The van der Waals surface area contributed by atoms with Crippen LogP contribution in [0.5, 0.6) is 0 Å². The molecule has 4 heterocycles. The molecule has 0 unspecified atom stereocenters. The maximum atomic E-state index is 14.1. The molecule has 2 fully saturated rings. The highest BCUT2D eigenvalue weighted by Gasteiger charge is 2.39. The highest BCUT2D eigenvalue weighted by molar-refractivity contribution is 7.99. The summed E-state index contributed by atoms with van der Waals surface area (Å²) >= 11 is 1.80. The molecule has 1 saturated heterocycles. The van der Waals surface area contributed by atoms with Crippen LogP contribution in [0, 0.1) is 11.7 Å².